The molecule has 0 saturated heterocycles. The zero-order valence-corrected chi connectivity index (χ0v) is 11.5. The van der Waals surface area contributed by atoms with Crippen LogP contribution in [0.2, 0.25) is 0 Å². The molecule has 0 aliphatic rings. The maximum absolute atomic E-state index is 12.7. The first kappa shape index (κ1) is 13.8. The highest BCUT2D eigenvalue weighted by molar-refractivity contribution is 7.71. The number of aromatic nitrogens is 4. The van der Waals surface area contributed by atoms with Crippen LogP contribution in [0.3, 0.4) is 0 Å². The minimum Gasteiger partial charge on any atom is -0.337 e. The molecule has 0 atom stereocenters. The van der Waals surface area contributed by atoms with E-state index in [1.54, 1.807) is 11.5 Å². The molecule has 0 bridgehead atoms. The van der Waals surface area contributed by atoms with Crippen LogP contribution in [0.25, 0.3) is 11.0 Å². The van der Waals surface area contributed by atoms with Crippen LogP contribution in [-0.4, -0.2) is 19.7 Å². The van der Waals surface area contributed by atoms with Crippen molar-refractivity contribution in [2.45, 2.75) is 19.6 Å². The average molecular weight is 314 g/mol. The Morgan fingerprint density at radius 1 is 1.38 bits per heavy atom. The van der Waals surface area contributed by atoms with Crippen LogP contribution in [-0.2, 0) is 12.7 Å². The Balaban J connectivity index is 2.07. The SMILES string of the molecule is Cc1noc(Cn2c(=S)[nH]c3cc(C(F)(F)F)ccc32)n1. The number of hydrogen-bond donors (Lipinski definition) is 1. The van der Waals surface area contributed by atoms with Crippen molar-refractivity contribution in [2.24, 2.45) is 0 Å². The van der Waals surface area contributed by atoms with Crippen LogP contribution in [0.15, 0.2) is 22.7 Å². The summed E-state index contributed by atoms with van der Waals surface area (Å²) in [7, 11) is 0. The maximum Gasteiger partial charge on any atom is 0.416 e. The van der Waals surface area contributed by atoms with E-state index in [0.29, 0.717) is 27.5 Å². The normalized spacial score (nSPS) is 12.2. The Morgan fingerprint density at radius 3 is 2.76 bits per heavy atom. The topological polar surface area (TPSA) is 59.6 Å². The number of aryl methyl sites for hydroxylation is 1. The Hall–Kier alpha value is -2.16. The van der Waals surface area contributed by atoms with Gasteiger partial charge in [-0.2, -0.15) is 18.2 Å². The monoisotopic (exact) mass is 314 g/mol. The van der Waals surface area contributed by atoms with Crippen LogP contribution >= 0.6 is 12.2 Å². The minimum absolute atomic E-state index is 0.199. The summed E-state index contributed by atoms with van der Waals surface area (Å²) < 4.78 is 45.0. The zero-order valence-electron chi connectivity index (χ0n) is 10.7. The highest BCUT2D eigenvalue weighted by Crippen LogP contribution is 2.31. The lowest BCUT2D eigenvalue weighted by Gasteiger charge is -2.06. The summed E-state index contributed by atoms with van der Waals surface area (Å²) in [5, 5.41) is 3.66. The van der Waals surface area contributed by atoms with Crippen molar-refractivity contribution in [1.29, 1.82) is 0 Å². The molecule has 3 aromatic rings. The predicted octanol–water partition coefficient (Wildman–Crippen LogP) is 3.46. The highest BCUT2D eigenvalue weighted by atomic mass is 32.1. The molecule has 3 rings (SSSR count). The average Bonchev–Trinajstić information content (AvgIpc) is 2.93. The summed E-state index contributed by atoms with van der Waals surface area (Å²) >= 11 is 5.13. The second kappa shape index (κ2) is 4.69. The van der Waals surface area contributed by atoms with E-state index in [9.17, 15) is 13.2 Å². The number of fused-ring (bicyclic) bond motifs is 1. The predicted molar refractivity (Wildman–Crippen MR) is 70.3 cm³/mol. The molecular formula is C12H9F3N4OS. The van der Waals surface area contributed by atoms with E-state index >= 15 is 0 Å². The maximum atomic E-state index is 12.7. The number of H-pyrrole nitrogens is 1. The Bertz CT molecular complexity index is 861. The van der Waals surface area contributed by atoms with Gasteiger partial charge in [0.15, 0.2) is 10.6 Å². The van der Waals surface area contributed by atoms with E-state index in [-0.39, 0.29) is 6.54 Å². The van der Waals surface area contributed by atoms with Crippen LogP contribution in [0.1, 0.15) is 17.3 Å². The summed E-state index contributed by atoms with van der Waals surface area (Å²) in [6.45, 7) is 1.88. The van der Waals surface area contributed by atoms with Crippen LogP contribution in [0, 0.1) is 11.7 Å². The summed E-state index contributed by atoms with van der Waals surface area (Å²) in [4.78, 5) is 6.81. The number of benzene rings is 1. The summed E-state index contributed by atoms with van der Waals surface area (Å²) in [5.41, 5.74) is 0.127. The Labute approximate surface area is 121 Å². The lowest BCUT2D eigenvalue weighted by molar-refractivity contribution is -0.137. The third-order valence-corrected chi connectivity index (χ3v) is 3.29. The van der Waals surface area contributed by atoms with E-state index in [2.05, 4.69) is 15.1 Å². The van der Waals surface area contributed by atoms with Crippen molar-refractivity contribution < 1.29 is 17.7 Å². The number of hydrogen-bond acceptors (Lipinski definition) is 4. The molecule has 2 heterocycles. The van der Waals surface area contributed by atoms with Crippen molar-refractivity contribution in [2.75, 3.05) is 0 Å². The number of nitrogens with one attached hydrogen (secondary N) is 1. The van der Waals surface area contributed by atoms with E-state index in [4.69, 9.17) is 16.7 Å². The van der Waals surface area contributed by atoms with Crippen molar-refractivity contribution in [1.82, 2.24) is 19.7 Å². The van der Waals surface area contributed by atoms with Crippen molar-refractivity contribution >= 4 is 23.3 Å². The van der Waals surface area contributed by atoms with Crippen molar-refractivity contribution in [3.63, 3.8) is 0 Å². The van der Waals surface area contributed by atoms with Gasteiger partial charge in [0.2, 0.25) is 5.89 Å². The van der Waals surface area contributed by atoms with Gasteiger partial charge in [0.25, 0.3) is 0 Å². The van der Waals surface area contributed by atoms with E-state index in [1.807, 2.05) is 0 Å². The Kier molecular flexibility index (Phi) is 3.08. The second-order valence-electron chi connectivity index (χ2n) is 4.48. The molecule has 0 aliphatic heterocycles. The van der Waals surface area contributed by atoms with Crippen molar-refractivity contribution in [3.8, 4) is 0 Å². The molecule has 0 fully saturated rings. The molecule has 0 aliphatic carbocycles. The molecule has 21 heavy (non-hydrogen) atoms. The van der Waals surface area contributed by atoms with Crippen LogP contribution < -0.4 is 0 Å². The summed E-state index contributed by atoms with van der Waals surface area (Å²) in [6.07, 6.45) is -4.39. The van der Waals surface area contributed by atoms with Gasteiger partial charge in [0.1, 0.15) is 6.54 Å². The highest BCUT2D eigenvalue weighted by Gasteiger charge is 2.30. The molecule has 5 nitrogen and oxygen atoms in total. The zero-order chi connectivity index (χ0) is 15.2. The molecular weight excluding hydrogens is 305 g/mol. The number of alkyl halides is 3. The van der Waals surface area contributed by atoms with Crippen LogP contribution in [0.5, 0.6) is 0 Å². The third-order valence-electron chi connectivity index (χ3n) is 2.96. The lowest BCUT2D eigenvalue weighted by Crippen LogP contribution is -2.05. The molecule has 2 aromatic heterocycles. The molecule has 1 N–H and O–H groups in total. The number of imidazole rings is 1. The molecule has 0 unspecified atom stereocenters. The molecule has 0 amide bonds. The summed E-state index contributed by atoms with van der Waals surface area (Å²) in [5.74, 6) is 0.820. The molecule has 110 valence electrons. The number of halogens is 3. The standard InChI is InChI=1S/C12H9F3N4OS/c1-6-16-10(20-18-6)5-19-9-3-2-7(12(13,14)15)4-8(9)17-11(19)21/h2-4H,5H2,1H3,(H,17,21). The van der Waals surface area contributed by atoms with Gasteiger partial charge >= 0.3 is 6.18 Å². The second-order valence-corrected chi connectivity index (χ2v) is 4.87. The van der Waals surface area contributed by atoms with Gasteiger partial charge in [0, 0.05) is 0 Å². The molecule has 9 heteroatoms. The van der Waals surface area contributed by atoms with Crippen LogP contribution in [0.4, 0.5) is 13.2 Å². The van der Waals surface area contributed by atoms with Gasteiger partial charge in [-0.3, -0.25) is 0 Å². The fourth-order valence-corrected chi connectivity index (χ4v) is 2.31. The first-order chi connectivity index (χ1) is 9.84. The Morgan fingerprint density at radius 2 is 2.14 bits per heavy atom. The third kappa shape index (κ3) is 2.56. The van der Waals surface area contributed by atoms with E-state index in [1.165, 1.54) is 6.07 Å². The first-order valence-corrected chi connectivity index (χ1v) is 6.34. The van der Waals surface area contributed by atoms with Gasteiger partial charge < -0.3 is 14.1 Å². The van der Waals surface area contributed by atoms with E-state index in [0.717, 1.165) is 12.1 Å². The number of nitrogens with zero attached hydrogens (tertiary/aromatic N) is 3. The minimum atomic E-state index is -4.39. The van der Waals surface area contributed by atoms with Gasteiger partial charge in [-0.05, 0) is 37.3 Å². The first-order valence-electron chi connectivity index (χ1n) is 5.93. The van der Waals surface area contributed by atoms with E-state index < -0.39 is 11.7 Å². The molecule has 0 saturated carbocycles. The van der Waals surface area contributed by atoms with Gasteiger partial charge in [0.05, 0.1) is 16.6 Å². The van der Waals surface area contributed by atoms with Crippen molar-refractivity contribution in [3.05, 3.63) is 40.2 Å². The number of aromatic amines is 1. The van der Waals surface area contributed by atoms with Gasteiger partial charge in [-0.1, -0.05) is 5.16 Å². The van der Waals surface area contributed by atoms with Gasteiger partial charge in [-0.25, -0.2) is 0 Å². The fourth-order valence-electron chi connectivity index (χ4n) is 2.04. The molecule has 1 aromatic carbocycles. The van der Waals surface area contributed by atoms with Gasteiger partial charge in [-0.15, -0.1) is 0 Å². The summed E-state index contributed by atoms with van der Waals surface area (Å²) in [6, 6.07) is 3.41. The quantitative estimate of drug-likeness (QED) is 0.736. The molecule has 0 spiro atoms. The fraction of sp³-hybridized carbons (Fsp3) is 0.250. The largest absolute Gasteiger partial charge is 0.416 e. The number of rotatable bonds is 2. The lowest BCUT2D eigenvalue weighted by atomic mass is 10.2. The molecule has 0 radical (unpaired) electrons. The smallest absolute Gasteiger partial charge is 0.337 e.